The van der Waals surface area contributed by atoms with Gasteiger partial charge < -0.3 is 10.1 Å². The number of methoxy groups -OCH3 is 1. The fourth-order valence-electron chi connectivity index (χ4n) is 3.60. The van der Waals surface area contributed by atoms with Crippen LogP contribution >= 0.6 is 0 Å². The van der Waals surface area contributed by atoms with Crippen LogP contribution in [0.1, 0.15) is 35.1 Å². The van der Waals surface area contributed by atoms with E-state index in [1.807, 2.05) is 18.2 Å². The highest BCUT2D eigenvalue weighted by Crippen LogP contribution is 2.49. The zero-order valence-corrected chi connectivity index (χ0v) is 15.9. The third-order valence-electron chi connectivity index (χ3n) is 5.41. The summed E-state index contributed by atoms with van der Waals surface area (Å²) >= 11 is 0. The van der Waals surface area contributed by atoms with Gasteiger partial charge in [-0.2, -0.15) is 0 Å². The van der Waals surface area contributed by atoms with Gasteiger partial charge in [-0.1, -0.05) is 30.3 Å². The van der Waals surface area contributed by atoms with Gasteiger partial charge in [-0.15, -0.1) is 0 Å². The Morgan fingerprint density at radius 2 is 1.81 bits per heavy atom. The molecule has 0 bridgehead atoms. The molecule has 2 aromatic carbocycles. The van der Waals surface area contributed by atoms with Gasteiger partial charge in [0.2, 0.25) is 10.0 Å². The molecule has 0 saturated heterocycles. The van der Waals surface area contributed by atoms with Crippen LogP contribution in [-0.2, 0) is 44.6 Å². The van der Waals surface area contributed by atoms with Crippen molar-refractivity contribution < 1.29 is 17.9 Å². The number of hydrogen-bond acceptors (Lipinski definition) is 5. The maximum Gasteiger partial charge on any atom is 0.316 e. The smallest absolute Gasteiger partial charge is 0.316 e. The number of carbonyl (C=O) groups is 1. The van der Waals surface area contributed by atoms with E-state index in [1.54, 1.807) is 24.3 Å². The molecule has 1 aliphatic heterocycles. The summed E-state index contributed by atoms with van der Waals surface area (Å²) in [7, 11) is -2.25. The molecule has 0 radical (unpaired) electrons. The van der Waals surface area contributed by atoms with Crippen molar-refractivity contribution in [2.45, 2.75) is 42.8 Å². The van der Waals surface area contributed by atoms with Gasteiger partial charge >= 0.3 is 5.97 Å². The molecule has 0 unspecified atom stereocenters. The molecule has 27 heavy (non-hydrogen) atoms. The second kappa shape index (κ2) is 6.74. The molecule has 2 N–H and O–H groups in total. The van der Waals surface area contributed by atoms with E-state index in [0.29, 0.717) is 0 Å². The summed E-state index contributed by atoms with van der Waals surface area (Å²) in [5.41, 5.74) is 3.62. The van der Waals surface area contributed by atoms with E-state index in [9.17, 15) is 13.2 Å². The quantitative estimate of drug-likeness (QED) is 0.742. The molecule has 1 heterocycles. The van der Waals surface area contributed by atoms with Crippen molar-refractivity contribution in [2.24, 2.45) is 0 Å². The lowest BCUT2D eigenvalue weighted by Gasteiger charge is -2.14. The summed E-state index contributed by atoms with van der Waals surface area (Å²) in [5, 5.41) is 3.28. The third kappa shape index (κ3) is 3.38. The average molecular weight is 386 g/mol. The zero-order valence-electron chi connectivity index (χ0n) is 15.1. The molecule has 6 nitrogen and oxygen atoms in total. The minimum Gasteiger partial charge on any atom is -0.468 e. The second-order valence-electron chi connectivity index (χ2n) is 7.13. The van der Waals surface area contributed by atoms with Crippen LogP contribution in [0.25, 0.3) is 0 Å². The fraction of sp³-hybridized carbons (Fsp3) is 0.350. The Morgan fingerprint density at radius 1 is 1.11 bits per heavy atom. The summed E-state index contributed by atoms with van der Waals surface area (Å²) in [6.07, 6.45) is 1.47. The number of sulfonamides is 1. The fourth-order valence-corrected chi connectivity index (χ4v) is 4.62. The predicted molar refractivity (Wildman–Crippen MR) is 100 cm³/mol. The minimum absolute atomic E-state index is 0.190. The molecule has 0 aromatic heterocycles. The SMILES string of the molecule is COC(=O)C1(c2ccc(S(=O)(=O)NCc3ccc4c(c3)CNC4)cc2)CC1. The zero-order chi connectivity index (χ0) is 19.1. The molecule has 4 rings (SSSR count). The molecule has 7 heteroatoms. The van der Waals surface area contributed by atoms with E-state index in [0.717, 1.165) is 37.1 Å². The number of benzene rings is 2. The van der Waals surface area contributed by atoms with E-state index in [1.165, 1.54) is 18.2 Å². The van der Waals surface area contributed by atoms with Gasteiger partial charge in [-0.3, -0.25) is 4.79 Å². The summed E-state index contributed by atoms with van der Waals surface area (Å²) in [5.74, 6) is -0.262. The van der Waals surface area contributed by atoms with Crippen molar-refractivity contribution >= 4 is 16.0 Å². The number of carbonyl (C=O) groups excluding carboxylic acids is 1. The van der Waals surface area contributed by atoms with Crippen LogP contribution in [0.3, 0.4) is 0 Å². The Morgan fingerprint density at radius 3 is 2.48 bits per heavy atom. The van der Waals surface area contributed by atoms with E-state index in [4.69, 9.17) is 4.74 Å². The summed E-state index contributed by atoms with van der Waals surface area (Å²) in [6.45, 7) is 1.92. The lowest BCUT2D eigenvalue weighted by Crippen LogP contribution is -2.24. The first-order valence-electron chi connectivity index (χ1n) is 8.95. The Hall–Kier alpha value is -2.22. The Bertz CT molecular complexity index is 980. The molecular weight excluding hydrogens is 364 g/mol. The number of fused-ring (bicyclic) bond motifs is 1. The van der Waals surface area contributed by atoms with E-state index >= 15 is 0 Å². The number of nitrogens with one attached hydrogen (secondary N) is 2. The van der Waals surface area contributed by atoms with Crippen LogP contribution in [-0.4, -0.2) is 21.5 Å². The van der Waals surface area contributed by atoms with Crippen molar-refractivity contribution in [2.75, 3.05) is 7.11 Å². The van der Waals surface area contributed by atoms with Crippen LogP contribution in [0.2, 0.25) is 0 Å². The molecule has 2 aromatic rings. The summed E-state index contributed by atoms with van der Waals surface area (Å²) in [4.78, 5) is 12.2. The molecule has 0 spiro atoms. The standard InChI is InChI=1S/C20H22N2O4S/c1-26-19(23)20(8-9-20)17-4-6-18(7-5-17)27(24,25)22-11-14-2-3-15-12-21-13-16(15)10-14/h2-7,10,21-22H,8-9,11-13H2,1H3. The number of hydrogen-bond donors (Lipinski definition) is 2. The molecule has 2 aliphatic rings. The van der Waals surface area contributed by atoms with Crippen molar-refractivity contribution in [3.63, 3.8) is 0 Å². The Kier molecular flexibility index (Phi) is 4.53. The van der Waals surface area contributed by atoms with Gasteiger partial charge in [0.05, 0.1) is 17.4 Å². The maximum atomic E-state index is 12.6. The Balaban J connectivity index is 1.47. The third-order valence-corrected chi connectivity index (χ3v) is 6.83. The topological polar surface area (TPSA) is 84.5 Å². The predicted octanol–water partition coefficient (Wildman–Crippen LogP) is 1.97. The number of ether oxygens (including phenoxy) is 1. The molecule has 0 atom stereocenters. The average Bonchev–Trinajstić information content (AvgIpc) is 3.37. The lowest BCUT2D eigenvalue weighted by atomic mass is 9.96. The maximum absolute atomic E-state index is 12.6. The highest BCUT2D eigenvalue weighted by molar-refractivity contribution is 7.89. The van der Waals surface area contributed by atoms with E-state index in [2.05, 4.69) is 10.0 Å². The van der Waals surface area contributed by atoms with Gasteiger partial charge in [-0.25, -0.2) is 13.1 Å². The lowest BCUT2D eigenvalue weighted by molar-refractivity contribution is -0.143. The van der Waals surface area contributed by atoms with Gasteiger partial charge in [0, 0.05) is 19.6 Å². The normalized spacial score (nSPS) is 17.4. The minimum atomic E-state index is -3.62. The van der Waals surface area contributed by atoms with Crippen LogP contribution in [0, 0.1) is 0 Å². The molecule has 142 valence electrons. The molecular formula is C20H22N2O4S. The largest absolute Gasteiger partial charge is 0.468 e. The summed E-state index contributed by atoms with van der Waals surface area (Å²) < 4.78 is 32.7. The first-order valence-corrected chi connectivity index (χ1v) is 10.4. The van der Waals surface area contributed by atoms with E-state index < -0.39 is 15.4 Å². The Labute approximate surface area is 159 Å². The highest BCUT2D eigenvalue weighted by Gasteiger charge is 2.52. The van der Waals surface area contributed by atoms with Gasteiger partial charge in [0.25, 0.3) is 0 Å². The van der Waals surface area contributed by atoms with Gasteiger partial charge in [-0.05, 0) is 47.2 Å². The molecule has 1 saturated carbocycles. The molecule has 0 amide bonds. The van der Waals surface area contributed by atoms with E-state index in [-0.39, 0.29) is 17.4 Å². The molecule has 1 aliphatic carbocycles. The monoisotopic (exact) mass is 386 g/mol. The van der Waals surface area contributed by atoms with Crippen molar-refractivity contribution in [3.05, 3.63) is 64.7 Å². The van der Waals surface area contributed by atoms with Gasteiger partial charge in [0.1, 0.15) is 0 Å². The number of rotatable bonds is 6. The molecule has 1 fully saturated rings. The van der Waals surface area contributed by atoms with Crippen LogP contribution in [0.5, 0.6) is 0 Å². The number of esters is 1. The highest BCUT2D eigenvalue weighted by atomic mass is 32.2. The first-order chi connectivity index (χ1) is 12.9. The van der Waals surface area contributed by atoms with Gasteiger partial charge in [0.15, 0.2) is 0 Å². The van der Waals surface area contributed by atoms with Crippen molar-refractivity contribution in [1.82, 2.24) is 10.0 Å². The van der Waals surface area contributed by atoms with Crippen LogP contribution in [0.15, 0.2) is 47.4 Å². The second-order valence-corrected chi connectivity index (χ2v) is 8.90. The van der Waals surface area contributed by atoms with Crippen molar-refractivity contribution in [3.8, 4) is 0 Å². The summed E-state index contributed by atoms with van der Waals surface area (Å²) in [6, 6.07) is 12.5. The first kappa shape index (κ1) is 18.2. The van der Waals surface area contributed by atoms with Crippen LogP contribution in [0.4, 0.5) is 0 Å². The van der Waals surface area contributed by atoms with Crippen LogP contribution < -0.4 is 10.0 Å². The van der Waals surface area contributed by atoms with Crippen molar-refractivity contribution in [1.29, 1.82) is 0 Å².